The highest BCUT2D eigenvalue weighted by Gasteiger charge is 2.22. The second-order valence-electron chi connectivity index (χ2n) is 6.70. The zero-order valence-electron chi connectivity index (χ0n) is 16.9. The van der Waals surface area contributed by atoms with Crippen LogP contribution in [0.1, 0.15) is 30.1 Å². The zero-order chi connectivity index (χ0) is 22.1. The predicted molar refractivity (Wildman–Crippen MR) is 110 cm³/mol. The first-order valence-electron chi connectivity index (χ1n) is 9.42. The quantitative estimate of drug-likeness (QED) is 0.432. The lowest BCUT2D eigenvalue weighted by molar-refractivity contribution is -0.121. The number of benzene rings is 2. The van der Waals surface area contributed by atoms with Gasteiger partial charge in [0, 0.05) is 19.2 Å². The van der Waals surface area contributed by atoms with Crippen LogP contribution in [0.25, 0.3) is 0 Å². The number of nitrogens with zero attached hydrogens (tertiary/aromatic N) is 1. The van der Waals surface area contributed by atoms with Gasteiger partial charge in [0.05, 0.1) is 18.0 Å². The summed E-state index contributed by atoms with van der Waals surface area (Å²) in [6.07, 6.45) is 1.32. The Hall–Kier alpha value is -2.78. The smallest absolute Gasteiger partial charge is 0.243 e. The van der Waals surface area contributed by atoms with E-state index in [1.807, 2.05) is 0 Å². The molecule has 9 heteroatoms. The van der Waals surface area contributed by atoms with E-state index in [4.69, 9.17) is 4.74 Å². The normalized spacial score (nSPS) is 11.3. The van der Waals surface area contributed by atoms with E-state index in [2.05, 4.69) is 5.32 Å². The minimum Gasteiger partial charge on any atom is -0.494 e. The molecule has 1 N–H and O–H groups in total. The van der Waals surface area contributed by atoms with Crippen LogP contribution in [0.5, 0.6) is 5.75 Å². The van der Waals surface area contributed by atoms with Crippen LogP contribution in [0.4, 0.5) is 4.39 Å². The van der Waals surface area contributed by atoms with E-state index in [9.17, 15) is 22.4 Å². The molecule has 1 amide bonds. The number of hydrogen-bond acceptors (Lipinski definition) is 5. The minimum absolute atomic E-state index is 0.0146. The van der Waals surface area contributed by atoms with Crippen molar-refractivity contribution in [3.63, 3.8) is 0 Å². The van der Waals surface area contributed by atoms with Gasteiger partial charge in [-0.3, -0.25) is 9.59 Å². The topological polar surface area (TPSA) is 92.8 Å². The fourth-order valence-electron chi connectivity index (χ4n) is 2.56. The van der Waals surface area contributed by atoms with Gasteiger partial charge in [-0.2, -0.15) is 4.31 Å². The number of ketones is 1. The molecule has 0 aliphatic heterocycles. The van der Waals surface area contributed by atoms with Crippen molar-refractivity contribution in [2.45, 2.75) is 24.7 Å². The van der Waals surface area contributed by atoms with Crippen LogP contribution in [-0.4, -0.2) is 51.2 Å². The number of likely N-dealkylation sites (N-methyl/N-ethyl adjacent to an activating group) is 1. The summed E-state index contributed by atoms with van der Waals surface area (Å²) in [5.74, 6) is -0.329. The summed E-state index contributed by atoms with van der Waals surface area (Å²) in [6, 6.07) is 11.3. The molecule has 0 saturated carbocycles. The highest BCUT2D eigenvalue weighted by molar-refractivity contribution is 7.89. The molecule has 0 radical (unpaired) electrons. The van der Waals surface area contributed by atoms with Crippen molar-refractivity contribution in [3.8, 4) is 5.75 Å². The molecule has 2 rings (SSSR count). The maximum absolute atomic E-state index is 12.8. The number of carbonyl (C=O) groups excluding carboxylic acids is 2. The summed E-state index contributed by atoms with van der Waals surface area (Å²) in [7, 11) is -2.51. The summed E-state index contributed by atoms with van der Waals surface area (Å²) in [6.45, 7) is 1.89. The van der Waals surface area contributed by atoms with Crippen molar-refractivity contribution in [1.29, 1.82) is 0 Å². The molecule has 7 nitrogen and oxygen atoms in total. The van der Waals surface area contributed by atoms with Gasteiger partial charge in [-0.15, -0.1) is 0 Å². The van der Waals surface area contributed by atoms with Gasteiger partial charge in [0.2, 0.25) is 15.9 Å². The standard InChI is InChI=1S/C21H25FN2O5S/c1-16(25)17-5-11-20(12-6-17)30(27,28)24(2)15-21(26)23-13-3-4-14-29-19-9-7-18(22)8-10-19/h5-12H,3-4,13-15H2,1-2H3,(H,23,26). The Morgan fingerprint density at radius 3 is 2.27 bits per heavy atom. The summed E-state index contributed by atoms with van der Waals surface area (Å²) < 4.78 is 44.3. The van der Waals surface area contributed by atoms with Gasteiger partial charge in [-0.25, -0.2) is 12.8 Å². The predicted octanol–water partition coefficient (Wildman–Crippen LogP) is 2.62. The van der Waals surface area contributed by atoms with E-state index in [1.165, 1.54) is 50.4 Å². The Bertz CT molecular complexity index is 960. The van der Waals surface area contributed by atoms with Crippen LogP contribution in [0.2, 0.25) is 0 Å². The van der Waals surface area contributed by atoms with Crippen LogP contribution in [0.15, 0.2) is 53.4 Å². The van der Waals surface area contributed by atoms with E-state index in [0.717, 1.165) is 4.31 Å². The Morgan fingerprint density at radius 2 is 1.67 bits per heavy atom. The monoisotopic (exact) mass is 436 g/mol. The lowest BCUT2D eigenvalue weighted by atomic mass is 10.2. The Morgan fingerprint density at radius 1 is 1.03 bits per heavy atom. The average Bonchev–Trinajstić information content (AvgIpc) is 2.71. The summed E-state index contributed by atoms with van der Waals surface area (Å²) in [5.41, 5.74) is 0.415. The lowest BCUT2D eigenvalue weighted by Gasteiger charge is -2.17. The third-order valence-electron chi connectivity index (χ3n) is 4.31. The number of ether oxygens (including phenoxy) is 1. The number of rotatable bonds is 11. The van der Waals surface area contributed by atoms with Gasteiger partial charge in [0.1, 0.15) is 11.6 Å². The maximum Gasteiger partial charge on any atom is 0.243 e. The van der Waals surface area contributed by atoms with E-state index in [-0.39, 0.29) is 23.0 Å². The van der Waals surface area contributed by atoms with Crippen molar-refractivity contribution in [2.75, 3.05) is 26.7 Å². The van der Waals surface area contributed by atoms with Crippen molar-refractivity contribution >= 4 is 21.7 Å². The van der Waals surface area contributed by atoms with Gasteiger partial charge in [0.25, 0.3) is 0 Å². The van der Waals surface area contributed by atoms with Crippen LogP contribution < -0.4 is 10.1 Å². The molecule has 0 atom stereocenters. The number of nitrogens with one attached hydrogen (secondary N) is 1. The molecule has 30 heavy (non-hydrogen) atoms. The van der Waals surface area contributed by atoms with Crippen LogP contribution in [0.3, 0.4) is 0 Å². The molecule has 0 saturated heterocycles. The number of unbranched alkanes of at least 4 members (excludes halogenated alkanes) is 1. The van der Waals surface area contributed by atoms with Crippen LogP contribution in [0, 0.1) is 5.82 Å². The molecule has 162 valence electrons. The number of carbonyl (C=O) groups is 2. The zero-order valence-corrected chi connectivity index (χ0v) is 17.7. The van der Waals surface area contributed by atoms with Crippen molar-refractivity contribution < 1.29 is 27.1 Å². The van der Waals surface area contributed by atoms with Crippen molar-refractivity contribution in [3.05, 3.63) is 59.9 Å². The molecular weight excluding hydrogens is 411 g/mol. The van der Waals surface area contributed by atoms with E-state index in [1.54, 1.807) is 12.1 Å². The molecule has 0 spiro atoms. The fraction of sp³-hybridized carbons (Fsp3) is 0.333. The van der Waals surface area contributed by atoms with Gasteiger partial charge >= 0.3 is 0 Å². The highest BCUT2D eigenvalue weighted by atomic mass is 32.2. The molecular formula is C21H25FN2O5S. The average molecular weight is 437 g/mol. The second kappa shape index (κ2) is 10.8. The largest absolute Gasteiger partial charge is 0.494 e. The first-order chi connectivity index (χ1) is 14.2. The van der Waals surface area contributed by atoms with E-state index in [0.29, 0.717) is 37.3 Å². The van der Waals surface area contributed by atoms with Gasteiger partial charge < -0.3 is 10.1 Å². The van der Waals surface area contributed by atoms with Crippen molar-refractivity contribution in [2.24, 2.45) is 0 Å². The highest BCUT2D eigenvalue weighted by Crippen LogP contribution is 2.15. The number of amides is 1. The molecule has 2 aromatic carbocycles. The molecule has 0 bridgehead atoms. The Balaban J connectivity index is 1.71. The molecule has 0 aliphatic rings. The van der Waals surface area contributed by atoms with Crippen molar-refractivity contribution in [1.82, 2.24) is 9.62 Å². The SMILES string of the molecule is CC(=O)c1ccc(S(=O)(=O)N(C)CC(=O)NCCCCOc2ccc(F)cc2)cc1. The molecule has 0 heterocycles. The Labute approximate surface area is 175 Å². The molecule has 0 unspecified atom stereocenters. The number of Topliss-reactive ketones (excluding diaryl/α,β-unsaturated/α-hetero) is 1. The fourth-order valence-corrected chi connectivity index (χ4v) is 3.69. The number of hydrogen-bond donors (Lipinski definition) is 1. The van der Waals surface area contributed by atoms with Gasteiger partial charge in [-0.1, -0.05) is 12.1 Å². The number of sulfonamides is 1. The summed E-state index contributed by atoms with van der Waals surface area (Å²) >= 11 is 0. The first kappa shape index (κ1) is 23.5. The first-order valence-corrected chi connectivity index (χ1v) is 10.9. The van der Waals surface area contributed by atoms with Crippen LogP contribution in [-0.2, 0) is 14.8 Å². The second-order valence-corrected chi connectivity index (χ2v) is 8.75. The number of halogens is 1. The van der Waals surface area contributed by atoms with Gasteiger partial charge in [0.15, 0.2) is 5.78 Å². The maximum atomic E-state index is 12.8. The molecule has 2 aromatic rings. The van der Waals surface area contributed by atoms with Gasteiger partial charge in [-0.05, 0) is 56.2 Å². The molecule has 0 aliphatic carbocycles. The third-order valence-corrected chi connectivity index (χ3v) is 6.13. The molecule has 0 aromatic heterocycles. The Kier molecular flexibility index (Phi) is 8.49. The van der Waals surface area contributed by atoms with Crippen LogP contribution >= 0.6 is 0 Å². The summed E-state index contributed by atoms with van der Waals surface area (Å²) in [5, 5.41) is 2.67. The third kappa shape index (κ3) is 6.93. The minimum atomic E-state index is -3.83. The van der Waals surface area contributed by atoms with E-state index < -0.39 is 15.9 Å². The lowest BCUT2D eigenvalue weighted by Crippen LogP contribution is -2.38. The molecule has 0 fully saturated rings. The van der Waals surface area contributed by atoms with E-state index >= 15 is 0 Å². The summed E-state index contributed by atoms with van der Waals surface area (Å²) in [4.78, 5) is 23.3.